The summed E-state index contributed by atoms with van der Waals surface area (Å²) in [5.41, 5.74) is 2.13. The lowest BCUT2D eigenvalue weighted by Gasteiger charge is -2.34. The van der Waals surface area contributed by atoms with E-state index in [1.807, 2.05) is 25.1 Å². The normalized spacial score (nSPS) is 22.9. The maximum atomic E-state index is 12.2. The van der Waals surface area contributed by atoms with E-state index in [-0.39, 0.29) is 18.4 Å². The summed E-state index contributed by atoms with van der Waals surface area (Å²) in [4.78, 5) is 14.2. The predicted molar refractivity (Wildman–Crippen MR) is 82.5 cm³/mol. The molecule has 0 spiro atoms. The number of amides is 1. The SMILES string of the molecule is Cc1ccc(N2C(C)CCNC(=O)C2CC#N)cc1Br. The number of carbonyl (C=O) groups is 1. The van der Waals surface area contributed by atoms with E-state index in [4.69, 9.17) is 5.26 Å². The van der Waals surface area contributed by atoms with E-state index in [1.165, 1.54) is 0 Å². The summed E-state index contributed by atoms with van der Waals surface area (Å²) in [5.74, 6) is -0.0624. The quantitative estimate of drug-likeness (QED) is 0.904. The van der Waals surface area contributed by atoms with Crippen LogP contribution in [0.2, 0.25) is 0 Å². The largest absolute Gasteiger partial charge is 0.356 e. The van der Waals surface area contributed by atoms with Gasteiger partial charge in [-0.15, -0.1) is 0 Å². The van der Waals surface area contributed by atoms with Crippen LogP contribution in [0, 0.1) is 18.3 Å². The zero-order valence-corrected chi connectivity index (χ0v) is 13.3. The number of hydrogen-bond donors (Lipinski definition) is 1. The molecule has 1 heterocycles. The number of carbonyl (C=O) groups excluding carboxylic acids is 1. The third kappa shape index (κ3) is 2.96. The van der Waals surface area contributed by atoms with Gasteiger partial charge in [0.05, 0.1) is 12.5 Å². The van der Waals surface area contributed by atoms with Gasteiger partial charge in [-0.25, -0.2) is 0 Å². The standard InChI is InChI=1S/C15H18BrN3O/c1-10-3-4-12(9-13(10)16)19-11(2)6-8-18-15(20)14(19)5-7-17/h3-4,9,11,14H,5-6,8H2,1-2H3,(H,18,20). The Bertz CT molecular complexity index is 553. The third-order valence-electron chi connectivity index (χ3n) is 3.71. The minimum Gasteiger partial charge on any atom is -0.356 e. The van der Waals surface area contributed by atoms with Crippen molar-refractivity contribution in [3.63, 3.8) is 0 Å². The molecule has 106 valence electrons. The van der Waals surface area contributed by atoms with Crippen molar-refractivity contribution in [1.82, 2.24) is 5.32 Å². The van der Waals surface area contributed by atoms with E-state index >= 15 is 0 Å². The van der Waals surface area contributed by atoms with Crippen molar-refractivity contribution in [1.29, 1.82) is 5.26 Å². The van der Waals surface area contributed by atoms with Gasteiger partial charge in [0, 0.05) is 22.7 Å². The first-order chi connectivity index (χ1) is 9.54. The third-order valence-corrected chi connectivity index (χ3v) is 4.57. The molecule has 2 rings (SSSR count). The number of halogens is 1. The number of aryl methyl sites for hydroxylation is 1. The van der Waals surface area contributed by atoms with Crippen molar-refractivity contribution >= 4 is 27.5 Å². The van der Waals surface area contributed by atoms with Gasteiger partial charge >= 0.3 is 0 Å². The molecule has 1 amide bonds. The van der Waals surface area contributed by atoms with Gasteiger partial charge in [0.25, 0.3) is 0 Å². The highest BCUT2D eigenvalue weighted by Gasteiger charge is 2.32. The molecule has 1 aliphatic rings. The topological polar surface area (TPSA) is 56.1 Å². The first-order valence-corrected chi connectivity index (χ1v) is 7.53. The number of nitrogens with zero attached hydrogens (tertiary/aromatic N) is 2. The summed E-state index contributed by atoms with van der Waals surface area (Å²) in [6.45, 7) is 4.78. The van der Waals surface area contributed by atoms with Crippen LogP contribution in [0.15, 0.2) is 22.7 Å². The Labute approximate surface area is 127 Å². The van der Waals surface area contributed by atoms with Crippen LogP contribution < -0.4 is 10.2 Å². The maximum absolute atomic E-state index is 12.2. The number of rotatable bonds is 2. The van der Waals surface area contributed by atoms with Gasteiger partial charge in [0.2, 0.25) is 5.91 Å². The second-order valence-corrected chi connectivity index (χ2v) is 6.00. The van der Waals surface area contributed by atoms with Crippen molar-refractivity contribution in [2.75, 3.05) is 11.4 Å². The van der Waals surface area contributed by atoms with E-state index in [0.29, 0.717) is 6.54 Å². The molecule has 1 fully saturated rings. The average Bonchev–Trinajstić information content (AvgIpc) is 2.54. The molecule has 0 radical (unpaired) electrons. The second-order valence-electron chi connectivity index (χ2n) is 5.15. The molecule has 1 aromatic rings. The van der Waals surface area contributed by atoms with Gasteiger partial charge in [-0.1, -0.05) is 22.0 Å². The lowest BCUT2D eigenvalue weighted by Crippen LogP contribution is -2.47. The summed E-state index contributed by atoms with van der Waals surface area (Å²) in [7, 11) is 0. The van der Waals surface area contributed by atoms with Crippen LogP contribution in [-0.2, 0) is 4.79 Å². The van der Waals surface area contributed by atoms with Crippen LogP contribution in [0.25, 0.3) is 0 Å². The van der Waals surface area contributed by atoms with Crippen LogP contribution in [0.3, 0.4) is 0 Å². The molecule has 4 nitrogen and oxygen atoms in total. The van der Waals surface area contributed by atoms with Crippen molar-refractivity contribution in [2.24, 2.45) is 0 Å². The van der Waals surface area contributed by atoms with E-state index in [0.717, 1.165) is 22.1 Å². The Morgan fingerprint density at radius 1 is 1.55 bits per heavy atom. The zero-order chi connectivity index (χ0) is 14.7. The number of nitrogens with one attached hydrogen (secondary N) is 1. The Morgan fingerprint density at radius 2 is 2.30 bits per heavy atom. The molecule has 0 bridgehead atoms. The Hall–Kier alpha value is -1.54. The fourth-order valence-electron chi connectivity index (χ4n) is 2.55. The summed E-state index contributed by atoms with van der Waals surface area (Å²) < 4.78 is 1.02. The van der Waals surface area contributed by atoms with Crippen molar-refractivity contribution < 1.29 is 4.79 Å². The first kappa shape index (κ1) is 14.9. The molecular formula is C15H18BrN3O. The second kappa shape index (κ2) is 6.27. The van der Waals surface area contributed by atoms with Crippen molar-refractivity contribution in [3.05, 3.63) is 28.2 Å². The molecule has 0 aliphatic carbocycles. The van der Waals surface area contributed by atoms with Gasteiger partial charge in [-0.05, 0) is 38.0 Å². The molecule has 0 aromatic heterocycles. The Morgan fingerprint density at radius 3 is 2.95 bits per heavy atom. The number of nitriles is 1. The van der Waals surface area contributed by atoms with E-state index in [2.05, 4.69) is 39.1 Å². The first-order valence-electron chi connectivity index (χ1n) is 6.73. The zero-order valence-electron chi connectivity index (χ0n) is 11.7. The molecular weight excluding hydrogens is 318 g/mol. The van der Waals surface area contributed by atoms with Gasteiger partial charge < -0.3 is 10.2 Å². The molecule has 1 saturated heterocycles. The van der Waals surface area contributed by atoms with E-state index in [9.17, 15) is 4.79 Å². The minimum absolute atomic E-state index is 0.0624. The van der Waals surface area contributed by atoms with Crippen LogP contribution in [0.1, 0.15) is 25.3 Å². The van der Waals surface area contributed by atoms with Gasteiger partial charge in [0.1, 0.15) is 6.04 Å². The van der Waals surface area contributed by atoms with Gasteiger partial charge in [-0.3, -0.25) is 4.79 Å². The highest BCUT2D eigenvalue weighted by atomic mass is 79.9. The number of anilines is 1. The average molecular weight is 336 g/mol. The van der Waals surface area contributed by atoms with Crippen LogP contribution >= 0.6 is 15.9 Å². The highest BCUT2D eigenvalue weighted by molar-refractivity contribution is 9.10. The van der Waals surface area contributed by atoms with Crippen LogP contribution in [-0.4, -0.2) is 24.5 Å². The molecule has 1 aromatic carbocycles. The Balaban J connectivity index is 2.43. The molecule has 20 heavy (non-hydrogen) atoms. The lowest BCUT2D eigenvalue weighted by molar-refractivity contribution is -0.122. The summed E-state index contributed by atoms with van der Waals surface area (Å²) in [6, 6.07) is 7.98. The monoisotopic (exact) mass is 335 g/mol. The number of hydrogen-bond acceptors (Lipinski definition) is 3. The maximum Gasteiger partial charge on any atom is 0.243 e. The summed E-state index contributed by atoms with van der Waals surface area (Å²) in [5, 5.41) is 11.9. The van der Waals surface area contributed by atoms with Crippen molar-refractivity contribution in [2.45, 2.75) is 38.8 Å². The van der Waals surface area contributed by atoms with Gasteiger partial charge in [0.15, 0.2) is 0 Å². The summed E-state index contributed by atoms with van der Waals surface area (Å²) >= 11 is 3.53. The van der Waals surface area contributed by atoms with Gasteiger partial charge in [-0.2, -0.15) is 5.26 Å². The van der Waals surface area contributed by atoms with Crippen LogP contribution in [0.5, 0.6) is 0 Å². The van der Waals surface area contributed by atoms with Crippen LogP contribution in [0.4, 0.5) is 5.69 Å². The minimum atomic E-state index is -0.424. The van der Waals surface area contributed by atoms with E-state index < -0.39 is 6.04 Å². The highest BCUT2D eigenvalue weighted by Crippen LogP contribution is 2.29. The molecule has 2 atom stereocenters. The molecule has 1 aliphatic heterocycles. The lowest BCUT2D eigenvalue weighted by atomic mass is 10.1. The smallest absolute Gasteiger partial charge is 0.243 e. The predicted octanol–water partition coefficient (Wildman–Crippen LogP) is 2.75. The fraction of sp³-hybridized carbons (Fsp3) is 0.467. The molecule has 5 heteroatoms. The van der Waals surface area contributed by atoms with Crippen molar-refractivity contribution in [3.8, 4) is 6.07 Å². The number of benzene rings is 1. The Kier molecular flexibility index (Phi) is 4.66. The molecule has 0 saturated carbocycles. The molecule has 2 unspecified atom stereocenters. The molecule has 1 N–H and O–H groups in total. The summed E-state index contributed by atoms with van der Waals surface area (Å²) in [6.07, 6.45) is 1.07. The fourth-order valence-corrected chi connectivity index (χ4v) is 2.92. The van der Waals surface area contributed by atoms with E-state index in [1.54, 1.807) is 0 Å².